The maximum Gasteiger partial charge on any atom is 0.0459 e. The Morgan fingerprint density at radius 1 is 0.952 bits per heavy atom. The highest BCUT2D eigenvalue weighted by atomic mass is 14.9. The second-order valence-electron chi connectivity index (χ2n) is 5.94. The number of fused-ring (bicyclic) bond motifs is 3. The highest BCUT2D eigenvalue weighted by Gasteiger charge is 2.28. The third kappa shape index (κ3) is 2.07. The van der Waals surface area contributed by atoms with Crippen molar-refractivity contribution < 1.29 is 0 Å². The van der Waals surface area contributed by atoms with Crippen LogP contribution in [0.5, 0.6) is 0 Å². The predicted molar refractivity (Wildman–Crippen MR) is 87.8 cm³/mol. The topological polar surface area (TPSA) is 27.8 Å². The van der Waals surface area contributed by atoms with E-state index in [1.54, 1.807) is 0 Å². The van der Waals surface area contributed by atoms with Crippen LogP contribution in [0.25, 0.3) is 10.9 Å². The van der Waals surface area contributed by atoms with Gasteiger partial charge < -0.3 is 10.3 Å². The van der Waals surface area contributed by atoms with Crippen LogP contribution in [0.15, 0.2) is 54.6 Å². The van der Waals surface area contributed by atoms with Crippen molar-refractivity contribution >= 4 is 10.9 Å². The summed E-state index contributed by atoms with van der Waals surface area (Å²) < 4.78 is 0. The predicted octanol–water partition coefficient (Wildman–Crippen LogP) is 3.83. The second kappa shape index (κ2) is 5.05. The van der Waals surface area contributed by atoms with Gasteiger partial charge in [0, 0.05) is 28.6 Å². The molecule has 2 heterocycles. The van der Waals surface area contributed by atoms with E-state index in [9.17, 15) is 0 Å². The van der Waals surface area contributed by atoms with Gasteiger partial charge in [-0.05, 0) is 37.1 Å². The Bertz CT molecular complexity index is 758. The summed E-state index contributed by atoms with van der Waals surface area (Å²) in [4.78, 5) is 3.70. The summed E-state index contributed by atoms with van der Waals surface area (Å²) in [6, 6.07) is 19.9. The molecule has 0 aliphatic carbocycles. The molecular weight excluding hydrogens is 256 g/mol. The van der Waals surface area contributed by atoms with Crippen LogP contribution in [0.2, 0.25) is 0 Å². The Morgan fingerprint density at radius 3 is 2.57 bits per heavy atom. The first-order valence-electron chi connectivity index (χ1n) is 7.72. The third-order valence-electron chi connectivity index (χ3n) is 4.66. The lowest BCUT2D eigenvalue weighted by Crippen LogP contribution is -2.32. The van der Waals surface area contributed by atoms with Gasteiger partial charge in [-0.25, -0.2) is 0 Å². The van der Waals surface area contributed by atoms with Gasteiger partial charge in [0.1, 0.15) is 0 Å². The maximum atomic E-state index is 3.70. The Labute approximate surface area is 125 Å². The molecular formula is C19H20N2. The van der Waals surface area contributed by atoms with E-state index >= 15 is 0 Å². The molecule has 0 radical (unpaired) electrons. The minimum Gasteiger partial charge on any atom is -0.358 e. The van der Waals surface area contributed by atoms with E-state index < -0.39 is 0 Å². The van der Waals surface area contributed by atoms with Crippen molar-refractivity contribution in [3.63, 3.8) is 0 Å². The number of aromatic amines is 1. The van der Waals surface area contributed by atoms with Gasteiger partial charge in [0.05, 0.1) is 0 Å². The highest BCUT2D eigenvalue weighted by Crippen LogP contribution is 2.35. The molecule has 2 nitrogen and oxygen atoms in total. The van der Waals surface area contributed by atoms with E-state index in [1.165, 1.54) is 27.7 Å². The zero-order valence-electron chi connectivity index (χ0n) is 12.3. The molecule has 0 fully saturated rings. The third-order valence-corrected chi connectivity index (χ3v) is 4.66. The highest BCUT2D eigenvalue weighted by molar-refractivity contribution is 5.85. The average molecular weight is 276 g/mol. The van der Waals surface area contributed by atoms with Crippen molar-refractivity contribution in [1.82, 2.24) is 10.3 Å². The van der Waals surface area contributed by atoms with Gasteiger partial charge in [-0.15, -0.1) is 0 Å². The van der Waals surface area contributed by atoms with Crippen LogP contribution in [0.4, 0.5) is 0 Å². The largest absolute Gasteiger partial charge is 0.358 e. The number of benzene rings is 2. The summed E-state index contributed by atoms with van der Waals surface area (Å²) in [5, 5.41) is 5.05. The van der Waals surface area contributed by atoms with Crippen LogP contribution in [-0.4, -0.2) is 17.6 Å². The number of aromatic nitrogens is 1. The summed E-state index contributed by atoms with van der Waals surface area (Å²) >= 11 is 0. The lowest BCUT2D eigenvalue weighted by Gasteiger charge is -2.23. The standard InChI is InChI=1S/C19H20N2/c1-13-18(14-7-3-2-4-8-14)19-16(11-12-20-13)15-9-5-6-10-17(15)21-19/h2-10,13,18,20-21H,11-12H2,1H3/t13-,18-/m1/s1. The van der Waals surface area contributed by atoms with Crippen molar-refractivity contribution in [2.45, 2.75) is 25.3 Å². The molecule has 106 valence electrons. The molecule has 2 N–H and O–H groups in total. The van der Waals surface area contributed by atoms with Crippen molar-refractivity contribution in [2.24, 2.45) is 0 Å². The minimum atomic E-state index is 0.385. The minimum absolute atomic E-state index is 0.385. The lowest BCUT2D eigenvalue weighted by molar-refractivity contribution is 0.516. The van der Waals surface area contributed by atoms with Crippen LogP contribution in [0, 0.1) is 0 Å². The van der Waals surface area contributed by atoms with Gasteiger partial charge in [0.15, 0.2) is 0 Å². The molecule has 1 aliphatic rings. The monoisotopic (exact) mass is 276 g/mol. The number of rotatable bonds is 1. The number of para-hydroxylation sites is 1. The molecule has 0 unspecified atom stereocenters. The first kappa shape index (κ1) is 12.7. The Balaban J connectivity index is 1.95. The van der Waals surface area contributed by atoms with Crippen LogP contribution >= 0.6 is 0 Å². The normalized spacial score (nSPS) is 22.0. The number of hydrogen-bond donors (Lipinski definition) is 2. The first-order chi connectivity index (χ1) is 10.3. The molecule has 1 aromatic heterocycles. The summed E-state index contributed by atoms with van der Waals surface area (Å²) in [6.45, 7) is 3.33. The van der Waals surface area contributed by atoms with E-state index in [4.69, 9.17) is 0 Å². The summed E-state index contributed by atoms with van der Waals surface area (Å²) in [5.41, 5.74) is 5.51. The zero-order valence-corrected chi connectivity index (χ0v) is 12.3. The van der Waals surface area contributed by atoms with Gasteiger partial charge in [0.25, 0.3) is 0 Å². The smallest absolute Gasteiger partial charge is 0.0459 e. The molecule has 3 aromatic rings. The summed E-state index contributed by atoms with van der Waals surface area (Å²) in [5.74, 6) is 0.385. The van der Waals surface area contributed by atoms with Crippen molar-refractivity contribution in [1.29, 1.82) is 0 Å². The Morgan fingerprint density at radius 2 is 1.71 bits per heavy atom. The van der Waals surface area contributed by atoms with Gasteiger partial charge in [-0.1, -0.05) is 48.5 Å². The number of H-pyrrole nitrogens is 1. The quantitative estimate of drug-likeness (QED) is 0.694. The second-order valence-corrected chi connectivity index (χ2v) is 5.94. The van der Waals surface area contributed by atoms with E-state index in [2.05, 4.69) is 71.8 Å². The molecule has 4 rings (SSSR count). The summed E-state index contributed by atoms with van der Waals surface area (Å²) in [7, 11) is 0. The fraction of sp³-hybridized carbons (Fsp3) is 0.263. The zero-order chi connectivity index (χ0) is 14.2. The van der Waals surface area contributed by atoms with E-state index in [0.717, 1.165) is 13.0 Å². The Kier molecular flexibility index (Phi) is 3.04. The molecule has 21 heavy (non-hydrogen) atoms. The van der Waals surface area contributed by atoms with Crippen LogP contribution in [-0.2, 0) is 6.42 Å². The molecule has 0 saturated carbocycles. The van der Waals surface area contributed by atoms with Crippen LogP contribution in [0.1, 0.15) is 29.7 Å². The van der Waals surface area contributed by atoms with Gasteiger partial charge in [-0.3, -0.25) is 0 Å². The van der Waals surface area contributed by atoms with Crippen LogP contribution < -0.4 is 5.32 Å². The molecule has 0 bridgehead atoms. The number of nitrogens with one attached hydrogen (secondary N) is 2. The first-order valence-corrected chi connectivity index (χ1v) is 7.72. The van der Waals surface area contributed by atoms with E-state index in [0.29, 0.717) is 12.0 Å². The van der Waals surface area contributed by atoms with Crippen molar-refractivity contribution in [2.75, 3.05) is 6.54 Å². The maximum absolute atomic E-state index is 3.70. The molecule has 0 saturated heterocycles. The lowest BCUT2D eigenvalue weighted by atomic mass is 9.88. The van der Waals surface area contributed by atoms with Gasteiger partial charge >= 0.3 is 0 Å². The molecule has 2 heteroatoms. The number of hydrogen-bond acceptors (Lipinski definition) is 1. The molecule has 2 aromatic carbocycles. The van der Waals surface area contributed by atoms with Crippen LogP contribution in [0.3, 0.4) is 0 Å². The summed E-state index contributed by atoms with van der Waals surface area (Å²) in [6.07, 6.45) is 1.09. The fourth-order valence-corrected chi connectivity index (χ4v) is 3.66. The fourth-order valence-electron chi connectivity index (χ4n) is 3.66. The van der Waals surface area contributed by atoms with E-state index in [-0.39, 0.29) is 0 Å². The molecule has 2 atom stereocenters. The SMILES string of the molecule is C[C@H]1NCCc2c([nH]c3ccccc23)[C@H]1c1ccccc1. The van der Waals surface area contributed by atoms with Crippen molar-refractivity contribution in [3.05, 3.63) is 71.4 Å². The average Bonchev–Trinajstić information content (AvgIpc) is 2.79. The molecule has 1 aliphatic heterocycles. The van der Waals surface area contributed by atoms with E-state index in [1.807, 2.05) is 0 Å². The van der Waals surface area contributed by atoms with Gasteiger partial charge in [-0.2, -0.15) is 0 Å². The van der Waals surface area contributed by atoms with Crippen molar-refractivity contribution in [3.8, 4) is 0 Å². The molecule has 0 spiro atoms. The Hall–Kier alpha value is -2.06. The van der Waals surface area contributed by atoms with Gasteiger partial charge in [0.2, 0.25) is 0 Å². The molecule has 0 amide bonds.